The fourth-order valence-corrected chi connectivity index (χ4v) is 2.88. The summed E-state index contributed by atoms with van der Waals surface area (Å²) in [5.41, 5.74) is 0.598. The van der Waals surface area contributed by atoms with Crippen molar-refractivity contribution in [2.45, 2.75) is 32.2 Å². The van der Waals surface area contributed by atoms with Gasteiger partial charge in [-0.2, -0.15) is 0 Å². The molecule has 3 rings (SSSR count). The van der Waals surface area contributed by atoms with E-state index in [1.807, 2.05) is 30.3 Å². The number of benzene rings is 1. The molecule has 0 spiro atoms. The lowest BCUT2D eigenvalue weighted by atomic mass is 10.2. The Morgan fingerprint density at radius 1 is 1.20 bits per heavy atom. The molecule has 1 aliphatic carbocycles. The van der Waals surface area contributed by atoms with E-state index >= 15 is 0 Å². The van der Waals surface area contributed by atoms with Crippen molar-refractivity contribution in [1.29, 1.82) is 0 Å². The van der Waals surface area contributed by atoms with Crippen molar-refractivity contribution in [1.82, 2.24) is 10.2 Å². The minimum absolute atomic E-state index is 0.0221. The van der Waals surface area contributed by atoms with Gasteiger partial charge in [0.2, 0.25) is 5.91 Å². The third-order valence-corrected chi connectivity index (χ3v) is 4.64. The molecular formula is C20H24N2O3. The van der Waals surface area contributed by atoms with E-state index in [2.05, 4.69) is 12.2 Å². The van der Waals surface area contributed by atoms with Crippen LogP contribution >= 0.6 is 0 Å². The van der Waals surface area contributed by atoms with Crippen molar-refractivity contribution in [2.24, 2.45) is 5.92 Å². The second-order valence-electron chi connectivity index (χ2n) is 6.75. The van der Waals surface area contributed by atoms with Gasteiger partial charge in [-0.25, -0.2) is 0 Å². The van der Waals surface area contributed by atoms with Crippen LogP contribution in [-0.2, 0) is 11.3 Å². The molecule has 0 radical (unpaired) electrons. The lowest BCUT2D eigenvalue weighted by Crippen LogP contribution is -2.31. The van der Waals surface area contributed by atoms with Gasteiger partial charge in [0.25, 0.3) is 5.91 Å². The van der Waals surface area contributed by atoms with Gasteiger partial charge in [-0.15, -0.1) is 0 Å². The zero-order chi connectivity index (χ0) is 17.8. The number of hydrogen-bond donors (Lipinski definition) is 1. The number of nitrogens with one attached hydrogen (secondary N) is 1. The molecular weight excluding hydrogens is 316 g/mol. The molecule has 1 aromatic heterocycles. The van der Waals surface area contributed by atoms with Gasteiger partial charge in [0.05, 0.1) is 6.54 Å². The summed E-state index contributed by atoms with van der Waals surface area (Å²) in [7, 11) is 1.75. The number of carbonyl (C=O) groups excluding carboxylic acids is 2. The summed E-state index contributed by atoms with van der Waals surface area (Å²) in [5.74, 6) is 2.89. The number of rotatable bonds is 7. The first-order valence-corrected chi connectivity index (χ1v) is 8.70. The summed E-state index contributed by atoms with van der Waals surface area (Å²) in [5, 5.41) is 2.77. The summed E-state index contributed by atoms with van der Waals surface area (Å²) in [4.78, 5) is 25.8. The Hall–Kier alpha value is -2.56. The predicted octanol–water partition coefficient (Wildman–Crippen LogP) is 3.18. The minimum atomic E-state index is -0.162. The quantitative estimate of drug-likeness (QED) is 0.842. The first kappa shape index (κ1) is 17.3. The van der Waals surface area contributed by atoms with Crippen LogP contribution in [0.1, 0.15) is 47.6 Å². The van der Waals surface area contributed by atoms with E-state index in [0.717, 1.165) is 11.5 Å². The molecule has 1 heterocycles. The smallest absolute Gasteiger partial charge is 0.251 e. The van der Waals surface area contributed by atoms with Crippen LogP contribution in [0.3, 0.4) is 0 Å². The molecule has 1 fully saturated rings. The van der Waals surface area contributed by atoms with Gasteiger partial charge in [0, 0.05) is 31.5 Å². The highest BCUT2D eigenvalue weighted by Gasteiger charge is 2.36. The summed E-state index contributed by atoms with van der Waals surface area (Å²) in [6, 6.07) is 12.9. The number of carbonyl (C=O) groups is 2. The van der Waals surface area contributed by atoms with E-state index in [9.17, 15) is 9.59 Å². The Bertz CT molecular complexity index is 738. The van der Waals surface area contributed by atoms with Crippen molar-refractivity contribution >= 4 is 11.8 Å². The van der Waals surface area contributed by atoms with Crippen LogP contribution in [0.25, 0.3) is 0 Å². The van der Waals surface area contributed by atoms with Crippen molar-refractivity contribution in [2.75, 3.05) is 13.6 Å². The SMILES string of the molecule is CC1CC1c1ccc(CN(C)C(=O)CCNC(=O)c2ccccc2)o1. The fraction of sp³-hybridized carbons (Fsp3) is 0.400. The second-order valence-corrected chi connectivity index (χ2v) is 6.75. The molecule has 2 unspecified atom stereocenters. The van der Waals surface area contributed by atoms with Gasteiger partial charge >= 0.3 is 0 Å². The number of amides is 2. The first-order valence-electron chi connectivity index (χ1n) is 8.70. The highest BCUT2D eigenvalue weighted by Crippen LogP contribution is 2.47. The molecule has 1 saturated carbocycles. The topological polar surface area (TPSA) is 62.6 Å². The lowest BCUT2D eigenvalue weighted by molar-refractivity contribution is -0.130. The van der Waals surface area contributed by atoms with E-state index in [1.54, 1.807) is 24.1 Å². The molecule has 1 aliphatic rings. The summed E-state index contributed by atoms with van der Waals surface area (Å²) >= 11 is 0. The van der Waals surface area contributed by atoms with Crippen LogP contribution in [0.4, 0.5) is 0 Å². The predicted molar refractivity (Wildman–Crippen MR) is 95.1 cm³/mol. The fourth-order valence-electron chi connectivity index (χ4n) is 2.88. The van der Waals surface area contributed by atoms with Gasteiger partial charge in [-0.3, -0.25) is 9.59 Å². The zero-order valence-corrected chi connectivity index (χ0v) is 14.7. The Labute approximate surface area is 148 Å². The molecule has 2 aromatic rings. The second kappa shape index (κ2) is 7.55. The van der Waals surface area contributed by atoms with E-state index in [-0.39, 0.29) is 18.2 Å². The Morgan fingerprint density at radius 2 is 1.92 bits per heavy atom. The standard InChI is InChI=1S/C20H24N2O3/c1-14-12-17(14)18-9-8-16(25-18)13-22(2)19(23)10-11-21-20(24)15-6-4-3-5-7-15/h3-9,14,17H,10-13H2,1-2H3,(H,21,24). The first-order chi connectivity index (χ1) is 12.0. The van der Waals surface area contributed by atoms with E-state index in [1.165, 1.54) is 6.42 Å². The van der Waals surface area contributed by atoms with Crippen LogP contribution in [0.2, 0.25) is 0 Å². The maximum Gasteiger partial charge on any atom is 0.251 e. The summed E-state index contributed by atoms with van der Waals surface area (Å²) in [6.07, 6.45) is 1.45. The number of nitrogens with zero attached hydrogens (tertiary/aromatic N) is 1. The molecule has 0 saturated heterocycles. The molecule has 1 aromatic carbocycles. The van der Waals surface area contributed by atoms with E-state index < -0.39 is 0 Å². The maximum absolute atomic E-state index is 12.2. The lowest BCUT2D eigenvalue weighted by Gasteiger charge is -2.16. The van der Waals surface area contributed by atoms with Gasteiger partial charge < -0.3 is 14.6 Å². The zero-order valence-electron chi connectivity index (χ0n) is 14.7. The van der Waals surface area contributed by atoms with Crippen molar-refractivity contribution < 1.29 is 14.0 Å². The number of hydrogen-bond acceptors (Lipinski definition) is 3. The minimum Gasteiger partial charge on any atom is -0.464 e. The van der Waals surface area contributed by atoms with Crippen molar-refractivity contribution in [3.63, 3.8) is 0 Å². The molecule has 2 amide bonds. The van der Waals surface area contributed by atoms with Crippen molar-refractivity contribution in [3.05, 3.63) is 59.5 Å². The monoisotopic (exact) mass is 340 g/mol. The Morgan fingerprint density at radius 3 is 2.60 bits per heavy atom. The summed E-state index contributed by atoms with van der Waals surface area (Å²) in [6.45, 7) is 2.98. The van der Waals surface area contributed by atoms with Gasteiger partial charge in [0.15, 0.2) is 0 Å². The van der Waals surface area contributed by atoms with Gasteiger partial charge in [-0.05, 0) is 36.6 Å². The third-order valence-electron chi connectivity index (χ3n) is 4.64. The average molecular weight is 340 g/mol. The van der Waals surface area contributed by atoms with Crippen LogP contribution in [0, 0.1) is 5.92 Å². The number of furan rings is 1. The molecule has 0 aliphatic heterocycles. The molecule has 5 heteroatoms. The highest BCUT2D eigenvalue weighted by atomic mass is 16.3. The molecule has 5 nitrogen and oxygen atoms in total. The highest BCUT2D eigenvalue weighted by molar-refractivity contribution is 5.94. The van der Waals surface area contributed by atoms with Gasteiger partial charge in [-0.1, -0.05) is 25.1 Å². The summed E-state index contributed by atoms with van der Waals surface area (Å²) < 4.78 is 5.84. The van der Waals surface area contributed by atoms with Crippen LogP contribution in [0.5, 0.6) is 0 Å². The average Bonchev–Trinajstić information content (AvgIpc) is 3.16. The molecule has 132 valence electrons. The molecule has 25 heavy (non-hydrogen) atoms. The Balaban J connectivity index is 1.41. The molecule has 1 N–H and O–H groups in total. The van der Waals surface area contributed by atoms with Crippen molar-refractivity contribution in [3.8, 4) is 0 Å². The normalized spacial score (nSPS) is 18.6. The van der Waals surface area contributed by atoms with Crippen LogP contribution in [-0.4, -0.2) is 30.3 Å². The maximum atomic E-state index is 12.2. The van der Waals surface area contributed by atoms with E-state index in [0.29, 0.717) is 30.5 Å². The van der Waals surface area contributed by atoms with Crippen LogP contribution < -0.4 is 5.32 Å². The largest absolute Gasteiger partial charge is 0.464 e. The Kier molecular flexibility index (Phi) is 5.22. The third kappa shape index (κ3) is 4.50. The van der Waals surface area contributed by atoms with Gasteiger partial charge in [0.1, 0.15) is 11.5 Å². The molecule has 2 atom stereocenters. The molecule has 0 bridgehead atoms. The van der Waals surface area contributed by atoms with E-state index in [4.69, 9.17) is 4.42 Å². The van der Waals surface area contributed by atoms with Crippen LogP contribution in [0.15, 0.2) is 46.9 Å².